The number of amides is 2. The van der Waals surface area contributed by atoms with Gasteiger partial charge in [-0.05, 0) is 42.7 Å². The molecule has 0 spiro atoms. The van der Waals surface area contributed by atoms with Gasteiger partial charge in [-0.1, -0.05) is 18.2 Å². The zero-order valence-electron chi connectivity index (χ0n) is 15.5. The summed E-state index contributed by atoms with van der Waals surface area (Å²) >= 11 is 1.74. The topological polar surface area (TPSA) is 50.8 Å². The van der Waals surface area contributed by atoms with Gasteiger partial charge in [0.1, 0.15) is 16.9 Å². The molecular weight excluding hydrogens is 348 g/mol. The van der Waals surface area contributed by atoms with E-state index in [9.17, 15) is 4.79 Å². The van der Waals surface area contributed by atoms with Crippen LogP contribution < -0.4 is 14.8 Å². The Morgan fingerprint density at radius 3 is 2.31 bits per heavy atom. The molecule has 0 radical (unpaired) electrons. The molecule has 0 unspecified atom stereocenters. The third-order valence-electron chi connectivity index (χ3n) is 4.52. The van der Waals surface area contributed by atoms with Crippen LogP contribution in [0.3, 0.4) is 0 Å². The van der Waals surface area contributed by atoms with Crippen molar-refractivity contribution in [3.05, 3.63) is 53.1 Å². The van der Waals surface area contributed by atoms with Gasteiger partial charge >= 0.3 is 6.03 Å². The number of anilines is 1. The van der Waals surface area contributed by atoms with E-state index in [-0.39, 0.29) is 11.4 Å². The molecule has 0 aromatic heterocycles. The first kappa shape index (κ1) is 18.5. The van der Waals surface area contributed by atoms with E-state index < -0.39 is 0 Å². The van der Waals surface area contributed by atoms with Gasteiger partial charge in [0.25, 0.3) is 0 Å². The number of carbonyl (C=O) groups excluding carboxylic acids is 1. The molecule has 1 heterocycles. The maximum atomic E-state index is 13.0. The van der Waals surface area contributed by atoms with Crippen molar-refractivity contribution in [1.29, 1.82) is 0 Å². The highest BCUT2D eigenvalue weighted by Crippen LogP contribution is 2.41. The second-order valence-electron chi connectivity index (χ2n) is 6.26. The van der Waals surface area contributed by atoms with Gasteiger partial charge in [0.05, 0.1) is 14.2 Å². The van der Waals surface area contributed by atoms with Gasteiger partial charge in [0, 0.05) is 24.1 Å². The van der Waals surface area contributed by atoms with Crippen LogP contribution in [0.25, 0.3) is 0 Å². The summed E-state index contributed by atoms with van der Waals surface area (Å²) in [4.78, 5) is 14.8. The average molecular weight is 372 g/mol. The Hall–Kier alpha value is -2.34. The van der Waals surface area contributed by atoms with E-state index in [0.29, 0.717) is 6.54 Å². The van der Waals surface area contributed by atoms with Gasteiger partial charge in [-0.2, -0.15) is 0 Å². The first-order valence-electron chi connectivity index (χ1n) is 8.52. The number of nitrogens with zero attached hydrogens (tertiary/aromatic N) is 1. The molecule has 1 fully saturated rings. The van der Waals surface area contributed by atoms with Crippen molar-refractivity contribution in [1.82, 2.24) is 4.90 Å². The molecule has 1 saturated heterocycles. The largest absolute Gasteiger partial charge is 0.497 e. The van der Waals surface area contributed by atoms with E-state index in [1.54, 1.807) is 26.0 Å². The lowest BCUT2D eigenvalue weighted by molar-refractivity contribution is 0.214. The quantitative estimate of drug-likeness (QED) is 0.852. The molecule has 0 saturated carbocycles. The summed E-state index contributed by atoms with van der Waals surface area (Å²) in [7, 11) is 3.26. The van der Waals surface area contributed by atoms with Crippen molar-refractivity contribution >= 4 is 23.5 Å². The predicted molar refractivity (Wildman–Crippen MR) is 106 cm³/mol. The first-order valence-corrected chi connectivity index (χ1v) is 9.56. The highest BCUT2D eigenvalue weighted by Gasteiger charge is 2.31. The number of thioether (sulfide) groups is 1. The smallest absolute Gasteiger partial charge is 0.323 e. The zero-order chi connectivity index (χ0) is 18.7. The maximum Gasteiger partial charge on any atom is 0.323 e. The lowest BCUT2D eigenvalue weighted by Crippen LogP contribution is -2.34. The van der Waals surface area contributed by atoms with Crippen LogP contribution >= 0.6 is 11.8 Å². The molecule has 1 atom stereocenters. The lowest BCUT2D eigenvalue weighted by Gasteiger charge is -2.26. The molecule has 138 valence electrons. The molecule has 0 bridgehead atoms. The molecule has 0 aliphatic carbocycles. The molecule has 1 aliphatic heterocycles. The van der Waals surface area contributed by atoms with E-state index >= 15 is 0 Å². The Bertz CT molecular complexity index is 767. The Balaban J connectivity index is 1.85. The van der Waals surface area contributed by atoms with Gasteiger partial charge in [0.2, 0.25) is 0 Å². The van der Waals surface area contributed by atoms with Crippen LogP contribution in [0.5, 0.6) is 11.5 Å². The van der Waals surface area contributed by atoms with Crippen LogP contribution in [0.1, 0.15) is 22.1 Å². The number of aryl methyl sites for hydroxylation is 2. The molecule has 6 heteroatoms. The highest BCUT2D eigenvalue weighted by molar-refractivity contribution is 7.99. The number of ether oxygens (including phenoxy) is 2. The number of nitrogens with one attached hydrogen (secondary N) is 1. The molecule has 1 N–H and O–H groups in total. The van der Waals surface area contributed by atoms with Crippen molar-refractivity contribution in [2.45, 2.75) is 19.2 Å². The number of hydrogen-bond donors (Lipinski definition) is 1. The molecule has 2 aromatic carbocycles. The van der Waals surface area contributed by atoms with Gasteiger partial charge in [-0.3, -0.25) is 0 Å². The summed E-state index contributed by atoms with van der Waals surface area (Å²) in [6.45, 7) is 4.71. The fourth-order valence-corrected chi connectivity index (χ4v) is 4.35. The summed E-state index contributed by atoms with van der Waals surface area (Å²) in [5, 5.41) is 3.02. The van der Waals surface area contributed by atoms with Crippen LogP contribution in [0, 0.1) is 13.8 Å². The Labute approximate surface area is 158 Å². The van der Waals surface area contributed by atoms with Gasteiger partial charge < -0.3 is 19.7 Å². The average Bonchev–Trinajstić information content (AvgIpc) is 3.14. The van der Waals surface area contributed by atoms with Gasteiger partial charge in [0.15, 0.2) is 0 Å². The third-order valence-corrected chi connectivity index (χ3v) is 5.78. The van der Waals surface area contributed by atoms with E-state index in [1.165, 1.54) is 0 Å². The molecule has 2 aromatic rings. The molecule has 3 rings (SSSR count). The Morgan fingerprint density at radius 1 is 1.12 bits per heavy atom. The predicted octanol–water partition coefficient (Wildman–Crippen LogP) is 4.60. The van der Waals surface area contributed by atoms with Crippen molar-refractivity contribution < 1.29 is 14.3 Å². The summed E-state index contributed by atoms with van der Waals surface area (Å²) in [5.41, 5.74) is 4.01. The number of benzene rings is 2. The van der Waals surface area contributed by atoms with Crippen LogP contribution in [0.2, 0.25) is 0 Å². The lowest BCUT2D eigenvalue weighted by atomic mass is 10.1. The fraction of sp³-hybridized carbons (Fsp3) is 0.350. The SMILES string of the molecule is COc1cc(OC)cc([C@@H]2SCCN2C(=O)Nc2c(C)cccc2C)c1. The van der Waals surface area contributed by atoms with Crippen LogP contribution in [-0.2, 0) is 0 Å². The van der Waals surface area contributed by atoms with Crippen molar-refractivity contribution in [2.75, 3.05) is 31.8 Å². The zero-order valence-corrected chi connectivity index (χ0v) is 16.4. The fourth-order valence-electron chi connectivity index (χ4n) is 3.12. The maximum absolute atomic E-state index is 13.0. The second kappa shape index (κ2) is 7.91. The van der Waals surface area contributed by atoms with Crippen molar-refractivity contribution in [3.63, 3.8) is 0 Å². The van der Waals surface area contributed by atoms with Crippen LogP contribution in [0.4, 0.5) is 10.5 Å². The Kier molecular flexibility index (Phi) is 5.61. The standard InChI is InChI=1S/C20H24N2O3S/c1-13-6-5-7-14(2)18(13)21-20(23)22-8-9-26-19(22)15-10-16(24-3)12-17(11-15)25-4/h5-7,10-12,19H,8-9H2,1-4H3,(H,21,23)/t19-/m0/s1. The molecule has 1 aliphatic rings. The summed E-state index contributed by atoms with van der Waals surface area (Å²) in [6, 6.07) is 11.7. The van der Waals surface area contributed by atoms with E-state index in [1.807, 2.05) is 55.1 Å². The monoisotopic (exact) mass is 372 g/mol. The molecule has 26 heavy (non-hydrogen) atoms. The van der Waals surface area contributed by atoms with Crippen LogP contribution in [-0.4, -0.2) is 37.4 Å². The van der Waals surface area contributed by atoms with E-state index in [0.717, 1.165) is 39.6 Å². The number of urea groups is 1. The molecule has 2 amide bonds. The minimum Gasteiger partial charge on any atom is -0.497 e. The Morgan fingerprint density at radius 2 is 1.73 bits per heavy atom. The minimum absolute atomic E-state index is 0.0664. The summed E-state index contributed by atoms with van der Waals surface area (Å²) in [6.07, 6.45) is 0. The first-order chi connectivity index (χ1) is 12.5. The normalized spacial score (nSPS) is 16.5. The third kappa shape index (κ3) is 3.75. The van der Waals surface area contributed by atoms with Crippen molar-refractivity contribution in [3.8, 4) is 11.5 Å². The number of rotatable bonds is 4. The molecular formula is C20H24N2O3S. The minimum atomic E-state index is -0.0841. The van der Waals surface area contributed by atoms with Crippen molar-refractivity contribution in [2.24, 2.45) is 0 Å². The highest BCUT2D eigenvalue weighted by atomic mass is 32.2. The summed E-state index contributed by atoms with van der Waals surface area (Å²) < 4.78 is 10.7. The summed E-state index contributed by atoms with van der Waals surface area (Å²) in [5.74, 6) is 2.34. The molecule has 5 nitrogen and oxygen atoms in total. The second-order valence-corrected chi connectivity index (χ2v) is 7.45. The van der Waals surface area contributed by atoms with E-state index in [4.69, 9.17) is 9.47 Å². The van der Waals surface area contributed by atoms with E-state index in [2.05, 4.69) is 5.32 Å². The number of carbonyl (C=O) groups is 1. The number of methoxy groups -OCH3 is 2. The number of para-hydroxylation sites is 1. The van der Waals surface area contributed by atoms with Crippen LogP contribution in [0.15, 0.2) is 36.4 Å². The number of hydrogen-bond acceptors (Lipinski definition) is 4. The van der Waals surface area contributed by atoms with Gasteiger partial charge in [-0.15, -0.1) is 11.8 Å². The van der Waals surface area contributed by atoms with Gasteiger partial charge in [-0.25, -0.2) is 4.79 Å².